The zero-order valence-corrected chi connectivity index (χ0v) is 12.4. The van der Waals surface area contributed by atoms with Gasteiger partial charge in [0.05, 0.1) is 24.1 Å². The van der Waals surface area contributed by atoms with Crippen molar-refractivity contribution in [2.24, 2.45) is 0 Å². The number of nitrogens with zero attached hydrogens (tertiary/aromatic N) is 2. The van der Waals surface area contributed by atoms with Crippen molar-refractivity contribution in [3.8, 4) is 0 Å². The fourth-order valence-electron chi connectivity index (χ4n) is 2.73. The van der Waals surface area contributed by atoms with Crippen LogP contribution in [-0.2, 0) is 25.6 Å². The zero-order valence-electron chi connectivity index (χ0n) is 12.4. The van der Waals surface area contributed by atoms with Crippen LogP contribution < -0.4 is 10.9 Å². The van der Waals surface area contributed by atoms with Crippen molar-refractivity contribution in [3.05, 3.63) is 63.3 Å². The van der Waals surface area contributed by atoms with E-state index in [1.807, 2.05) is 0 Å². The van der Waals surface area contributed by atoms with Gasteiger partial charge >= 0.3 is 6.18 Å². The van der Waals surface area contributed by atoms with Crippen LogP contribution in [0.1, 0.15) is 22.4 Å². The predicted molar refractivity (Wildman–Crippen MR) is 79.3 cm³/mol. The Kier molecular flexibility index (Phi) is 4.21. The van der Waals surface area contributed by atoms with Crippen LogP contribution in [0.25, 0.3) is 0 Å². The summed E-state index contributed by atoms with van der Waals surface area (Å²) >= 11 is 0. The second kappa shape index (κ2) is 6.16. The summed E-state index contributed by atoms with van der Waals surface area (Å²) in [5.74, 6) is 0. The lowest BCUT2D eigenvalue weighted by Crippen LogP contribution is -2.27. The highest BCUT2D eigenvalue weighted by Gasteiger charge is 2.30. The molecular weight excluding hydrogens is 307 g/mol. The van der Waals surface area contributed by atoms with Crippen LogP contribution in [0.2, 0.25) is 0 Å². The minimum atomic E-state index is -4.39. The lowest BCUT2D eigenvalue weighted by molar-refractivity contribution is -0.137. The third kappa shape index (κ3) is 3.44. The quantitative estimate of drug-likeness (QED) is 0.919. The molecule has 1 aliphatic rings. The number of halogens is 3. The number of hydrogen-bond acceptors (Lipinski definition) is 3. The highest BCUT2D eigenvalue weighted by Crippen LogP contribution is 2.29. The summed E-state index contributed by atoms with van der Waals surface area (Å²) in [5, 5.41) is 3.20. The number of aromatic nitrogens is 2. The molecular formula is C16H16F3N3O. The maximum Gasteiger partial charge on any atom is 0.416 e. The zero-order chi connectivity index (χ0) is 16.4. The van der Waals surface area contributed by atoms with E-state index in [0.29, 0.717) is 30.5 Å². The molecule has 3 rings (SSSR count). The fraction of sp³-hybridized carbons (Fsp3) is 0.375. The van der Waals surface area contributed by atoms with Gasteiger partial charge in [0.1, 0.15) is 0 Å². The molecule has 0 atom stereocenters. The van der Waals surface area contributed by atoms with E-state index < -0.39 is 11.7 Å². The first-order chi connectivity index (χ1) is 10.9. The van der Waals surface area contributed by atoms with Gasteiger partial charge in [-0.2, -0.15) is 13.2 Å². The summed E-state index contributed by atoms with van der Waals surface area (Å²) in [6.45, 7) is 1.56. The van der Waals surface area contributed by atoms with Gasteiger partial charge in [-0.05, 0) is 30.7 Å². The Morgan fingerprint density at radius 3 is 2.78 bits per heavy atom. The molecule has 0 spiro atoms. The molecule has 1 aliphatic heterocycles. The largest absolute Gasteiger partial charge is 0.416 e. The molecule has 0 fully saturated rings. The van der Waals surface area contributed by atoms with Crippen molar-refractivity contribution >= 4 is 0 Å². The number of alkyl halides is 3. The highest BCUT2D eigenvalue weighted by molar-refractivity contribution is 5.26. The lowest BCUT2D eigenvalue weighted by Gasteiger charge is -2.12. The molecule has 1 aromatic heterocycles. The minimum absolute atomic E-state index is 0.0798. The van der Waals surface area contributed by atoms with E-state index in [4.69, 9.17) is 0 Å². The summed E-state index contributed by atoms with van der Waals surface area (Å²) in [5.41, 5.74) is 0.978. The van der Waals surface area contributed by atoms with E-state index in [1.54, 1.807) is 6.07 Å². The molecule has 0 amide bonds. The second-order valence-electron chi connectivity index (χ2n) is 5.55. The number of nitrogens with one attached hydrogen (secondary N) is 1. The smallest absolute Gasteiger partial charge is 0.316 e. The Balaban J connectivity index is 1.92. The summed E-state index contributed by atoms with van der Waals surface area (Å²) < 4.78 is 39.7. The standard InChI is InChI=1S/C16H16F3N3O/c17-16(18,19)12-3-1-2-11(8-12)9-22-10-21-14-5-7-20-6-4-13(14)15(22)23/h1-3,8,10,20H,4-7,9H2. The average Bonchev–Trinajstić information content (AvgIpc) is 2.75. The van der Waals surface area contributed by atoms with Gasteiger partial charge in [-0.25, -0.2) is 4.98 Å². The van der Waals surface area contributed by atoms with E-state index in [-0.39, 0.29) is 12.1 Å². The van der Waals surface area contributed by atoms with Crippen LogP contribution in [0.15, 0.2) is 35.4 Å². The van der Waals surface area contributed by atoms with Crippen molar-refractivity contribution in [1.29, 1.82) is 0 Å². The fourth-order valence-corrected chi connectivity index (χ4v) is 2.73. The van der Waals surface area contributed by atoms with Crippen molar-refractivity contribution in [1.82, 2.24) is 14.9 Å². The van der Waals surface area contributed by atoms with Crippen LogP contribution in [0.4, 0.5) is 13.2 Å². The predicted octanol–water partition coefficient (Wildman–Crippen LogP) is 2.00. The molecule has 0 saturated heterocycles. The number of benzene rings is 1. The second-order valence-corrected chi connectivity index (χ2v) is 5.55. The summed E-state index contributed by atoms with van der Waals surface area (Å²) in [6, 6.07) is 5.02. The molecule has 0 saturated carbocycles. The molecule has 7 heteroatoms. The number of rotatable bonds is 2. The van der Waals surface area contributed by atoms with Crippen molar-refractivity contribution < 1.29 is 13.2 Å². The third-order valence-corrected chi connectivity index (χ3v) is 3.92. The van der Waals surface area contributed by atoms with E-state index in [0.717, 1.165) is 24.4 Å². The van der Waals surface area contributed by atoms with Gasteiger partial charge in [0.2, 0.25) is 0 Å². The molecule has 1 aromatic carbocycles. The molecule has 0 bridgehead atoms. The summed E-state index contributed by atoms with van der Waals surface area (Å²) in [6.07, 6.45) is -1.69. The minimum Gasteiger partial charge on any atom is -0.316 e. The molecule has 0 radical (unpaired) electrons. The monoisotopic (exact) mass is 323 g/mol. The molecule has 2 heterocycles. The van der Waals surface area contributed by atoms with E-state index in [1.165, 1.54) is 17.0 Å². The lowest BCUT2D eigenvalue weighted by atomic mass is 10.1. The van der Waals surface area contributed by atoms with Gasteiger partial charge < -0.3 is 5.32 Å². The Hall–Kier alpha value is -2.15. The normalized spacial score (nSPS) is 15.1. The van der Waals surface area contributed by atoms with Crippen LogP contribution >= 0.6 is 0 Å². The molecule has 122 valence electrons. The van der Waals surface area contributed by atoms with Gasteiger partial charge in [0.25, 0.3) is 5.56 Å². The van der Waals surface area contributed by atoms with Crippen LogP contribution in [-0.4, -0.2) is 22.6 Å². The molecule has 1 N–H and O–H groups in total. The van der Waals surface area contributed by atoms with Crippen molar-refractivity contribution in [3.63, 3.8) is 0 Å². The topological polar surface area (TPSA) is 46.9 Å². The van der Waals surface area contributed by atoms with E-state index in [2.05, 4.69) is 10.3 Å². The maximum absolute atomic E-state index is 12.8. The molecule has 0 unspecified atom stereocenters. The van der Waals surface area contributed by atoms with Gasteiger partial charge in [0.15, 0.2) is 0 Å². The maximum atomic E-state index is 12.8. The summed E-state index contributed by atoms with van der Waals surface area (Å²) in [7, 11) is 0. The molecule has 23 heavy (non-hydrogen) atoms. The first kappa shape index (κ1) is 15.7. The SMILES string of the molecule is O=c1c2c(ncn1Cc1cccc(C(F)(F)F)c1)CCNCC2. The first-order valence-corrected chi connectivity index (χ1v) is 7.39. The molecule has 4 nitrogen and oxygen atoms in total. The summed E-state index contributed by atoms with van der Waals surface area (Å²) in [4.78, 5) is 16.8. The van der Waals surface area contributed by atoms with Crippen LogP contribution in [0, 0.1) is 0 Å². The third-order valence-electron chi connectivity index (χ3n) is 3.92. The molecule has 2 aromatic rings. The van der Waals surface area contributed by atoms with Crippen LogP contribution in [0.5, 0.6) is 0 Å². The molecule has 0 aliphatic carbocycles. The number of hydrogen-bond donors (Lipinski definition) is 1. The van der Waals surface area contributed by atoms with Gasteiger partial charge in [-0.1, -0.05) is 12.1 Å². The van der Waals surface area contributed by atoms with E-state index >= 15 is 0 Å². The number of fused-ring (bicyclic) bond motifs is 1. The van der Waals surface area contributed by atoms with Gasteiger partial charge in [-0.15, -0.1) is 0 Å². The van der Waals surface area contributed by atoms with E-state index in [9.17, 15) is 18.0 Å². The average molecular weight is 323 g/mol. The van der Waals surface area contributed by atoms with Gasteiger partial charge in [0, 0.05) is 18.5 Å². The highest BCUT2D eigenvalue weighted by atomic mass is 19.4. The Morgan fingerprint density at radius 2 is 2.00 bits per heavy atom. The van der Waals surface area contributed by atoms with Crippen molar-refractivity contribution in [2.75, 3.05) is 13.1 Å². The van der Waals surface area contributed by atoms with Crippen LogP contribution in [0.3, 0.4) is 0 Å². The Morgan fingerprint density at radius 1 is 1.22 bits per heavy atom. The van der Waals surface area contributed by atoms with Crippen molar-refractivity contribution in [2.45, 2.75) is 25.6 Å². The van der Waals surface area contributed by atoms with Gasteiger partial charge in [-0.3, -0.25) is 9.36 Å². The Bertz CT molecular complexity index is 768. The first-order valence-electron chi connectivity index (χ1n) is 7.39. The Labute approximate surface area is 131 Å².